The molecule has 5 aromatic rings. The Bertz CT molecular complexity index is 1730. The Kier molecular flexibility index (Phi) is 4.82. The largest absolute Gasteiger partial charge is 0.288 e. The fourth-order valence-electron chi connectivity index (χ4n) is 4.60. The molecule has 1 saturated heterocycles. The van der Waals surface area contributed by atoms with E-state index in [2.05, 4.69) is 32.4 Å². The maximum absolute atomic E-state index is 12.3. The quantitative estimate of drug-likeness (QED) is 0.373. The maximum Gasteiger partial charge on any atom is 0.213 e. The SMILES string of the molecule is CCS(=O)(=O)N1CC(CC#N)(n2cc(-n3c(-c4ccc(C)s4)nc4cnc5[nH]ncc5c43)cn2)C1. The molecule has 1 aliphatic heterocycles. The van der Waals surface area contributed by atoms with Crippen molar-refractivity contribution in [3.63, 3.8) is 0 Å². The molecule has 0 bridgehead atoms. The minimum Gasteiger partial charge on any atom is -0.288 e. The fourth-order valence-corrected chi connectivity index (χ4v) is 6.68. The third-order valence-corrected chi connectivity index (χ3v) is 9.25. The van der Waals surface area contributed by atoms with Crippen molar-refractivity contribution in [1.29, 1.82) is 5.26 Å². The van der Waals surface area contributed by atoms with Crippen LogP contribution in [-0.4, -0.2) is 66.1 Å². The van der Waals surface area contributed by atoms with E-state index < -0.39 is 15.6 Å². The molecule has 0 amide bonds. The molecule has 0 radical (unpaired) electrons. The number of hydrogen-bond acceptors (Lipinski definition) is 8. The summed E-state index contributed by atoms with van der Waals surface area (Å²) in [5, 5.41) is 22.0. The van der Waals surface area contributed by atoms with Crippen molar-refractivity contribution in [1.82, 2.24) is 38.8 Å². The topological polar surface area (TPSA) is 138 Å². The van der Waals surface area contributed by atoms with Crippen molar-refractivity contribution >= 4 is 43.4 Å². The van der Waals surface area contributed by atoms with Gasteiger partial charge in [-0.1, -0.05) is 0 Å². The number of thiophene rings is 1. The van der Waals surface area contributed by atoms with Crippen LogP contribution in [0.25, 0.3) is 38.5 Å². The van der Waals surface area contributed by atoms with Crippen LogP contribution in [0.3, 0.4) is 0 Å². The van der Waals surface area contributed by atoms with Crippen LogP contribution in [0.2, 0.25) is 0 Å². The van der Waals surface area contributed by atoms with Crippen LogP contribution in [0.15, 0.2) is 36.9 Å². The Morgan fingerprint density at radius 3 is 2.80 bits per heavy atom. The standard InChI is InChI=1S/C22H21N9O2S2/c1-3-35(32,33)29-12-22(13-29,6-7-23)30-11-15(8-26-30)31-19-16-9-25-28-20(16)24-10-17(19)27-21(31)18-5-4-14(2)34-18/h4-5,8-11H,3,6,12-13H2,1-2H3,(H,24,25,28). The molecule has 13 heteroatoms. The highest BCUT2D eigenvalue weighted by Crippen LogP contribution is 2.37. The Hall–Kier alpha value is -3.60. The lowest BCUT2D eigenvalue weighted by molar-refractivity contribution is 0.0718. The van der Waals surface area contributed by atoms with E-state index in [1.807, 2.05) is 23.8 Å². The number of fused-ring (bicyclic) bond motifs is 3. The molecule has 0 unspecified atom stereocenters. The molecule has 0 atom stereocenters. The highest BCUT2D eigenvalue weighted by molar-refractivity contribution is 7.89. The van der Waals surface area contributed by atoms with Gasteiger partial charge in [0.15, 0.2) is 11.5 Å². The summed E-state index contributed by atoms with van der Waals surface area (Å²) < 4.78 is 29.8. The summed E-state index contributed by atoms with van der Waals surface area (Å²) in [5.74, 6) is 0.783. The van der Waals surface area contributed by atoms with E-state index in [1.54, 1.807) is 41.5 Å². The van der Waals surface area contributed by atoms with E-state index in [0.717, 1.165) is 32.8 Å². The Morgan fingerprint density at radius 2 is 2.09 bits per heavy atom. The summed E-state index contributed by atoms with van der Waals surface area (Å²) in [7, 11) is -3.33. The molecule has 0 spiro atoms. The van der Waals surface area contributed by atoms with E-state index in [1.165, 1.54) is 9.18 Å². The van der Waals surface area contributed by atoms with Gasteiger partial charge in [-0.05, 0) is 26.0 Å². The number of pyridine rings is 1. The van der Waals surface area contributed by atoms with Gasteiger partial charge in [-0.15, -0.1) is 11.3 Å². The third-order valence-electron chi connectivity index (χ3n) is 6.48. The molecule has 178 valence electrons. The average Bonchev–Trinajstić information content (AvgIpc) is 3.59. The van der Waals surface area contributed by atoms with Crippen LogP contribution < -0.4 is 0 Å². The molecule has 11 nitrogen and oxygen atoms in total. The van der Waals surface area contributed by atoms with Crippen LogP contribution >= 0.6 is 11.3 Å². The number of imidazole rings is 1. The molecule has 5 aromatic heterocycles. The van der Waals surface area contributed by atoms with E-state index >= 15 is 0 Å². The number of rotatable bonds is 6. The number of aromatic amines is 1. The molecule has 6 heterocycles. The van der Waals surface area contributed by atoms with Crippen LogP contribution in [-0.2, 0) is 15.6 Å². The van der Waals surface area contributed by atoms with Gasteiger partial charge in [0.2, 0.25) is 10.0 Å². The Morgan fingerprint density at radius 1 is 1.26 bits per heavy atom. The zero-order valence-electron chi connectivity index (χ0n) is 19.0. The first-order chi connectivity index (χ1) is 16.8. The predicted molar refractivity (Wildman–Crippen MR) is 132 cm³/mol. The second kappa shape index (κ2) is 7.70. The number of aromatic nitrogens is 7. The first-order valence-corrected chi connectivity index (χ1v) is 13.5. The second-order valence-corrected chi connectivity index (χ2v) is 12.2. The summed E-state index contributed by atoms with van der Waals surface area (Å²) >= 11 is 1.64. The first-order valence-electron chi connectivity index (χ1n) is 11.0. The van der Waals surface area contributed by atoms with E-state index in [4.69, 9.17) is 4.98 Å². The van der Waals surface area contributed by atoms with Crippen LogP contribution in [0.4, 0.5) is 0 Å². The van der Waals surface area contributed by atoms with E-state index in [-0.39, 0.29) is 25.3 Å². The zero-order chi connectivity index (χ0) is 24.4. The zero-order valence-corrected chi connectivity index (χ0v) is 20.6. The maximum atomic E-state index is 12.3. The smallest absolute Gasteiger partial charge is 0.213 e. The van der Waals surface area contributed by atoms with Crippen LogP contribution in [0.1, 0.15) is 18.2 Å². The van der Waals surface area contributed by atoms with Crippen molar-refractivity contribution in [2.75, 3.05) is 18.8 Å². The fraction of sp³-hybridized carbons (Fsp3) is 0.318. The number of aryl methyl sites for hydroxylation is 1. The number of H-pyrrole nitrogens is 1. The van der Waals surface area contributed by atoms with E-state index in [0.29, 0.717) is 5.65 Å². The summed E-state index contributed by atoms with van der Waals surface area (Å²) in [6, 6.07) is 6.31. The molecule has 0 saturated carbocycles. The molecule has 1 N–H and O–H groups in total. The highest BCUT2D eigenvalue weighted by Gasteiger charge is 2.49. The molecular formula is C22H21N9O2S2. The van der Waals surface area contributed by atoms with E-state index in [9.17, 15) is 13.7 Å². The average molecular weight is 508 g/mol. The first kappa shape index (κ1) is 21.9. The van der Waals surface area contributed by atoms with Crippen molar-refractivity contribution in [2.24, 2.45) is 0 Å². The minimum atomic E-state index is -3.33. The number of hydrogen-bond donors (Lipinski definition) is 1. The molecule has 35 heavy (non-hydrogen) atoms. The third kappa shape index (κ3) is 3.28. The minimum absolute atomic E-state index is 0.0271. The molecule has 1 fully saturated rings. The highest BCUT2D eigenvalue weighted by atomic mass is 32.2. The Labute approximate surface area is 204 Å². The lowest BCUT2D eigenvalue weighted by Gasteiger charge is -2.47. The van der Waals surface area contributed by atoms with Crippen LogP contribution in [0.5, 0.6) is 0 Å². The normalized spacial score (nSPS) is 16.0. The molecule has 0 aliphatic carbocycles. The van der Waals surface area contributed by atoms with Crippen LogP contribution in [0, 0.1) is 18.3 Å². The van der Waals surface area contributed by atoms with Crippen molar-refractivity contribution in [3.05, 3.63) is 41.8 Å². The molecule has 6 rings (SSSR count). The summed E-state index contributed by atoms with van der Waals surface area (Å²) in [6.45, 7) is 4.10. The lowest BCUT2D eigenvalue weighted by Crippen LogP contribution is -2.64. The summed E-state index contributed by atoms with van der Waals surface area (Å²) in [6.07, 6.45) is 7.20. The molecular weight excluding hydrogens is 486 g/mol. The van der Waals surface area contributed by atoms with Gasteiger partial charge >= 0.3 is 0 Å². The van der Waals surface area contributed by atoms with Crippen molar-refractivity contribution in [3.8, 4) is 22.5 Å². The lowest BCUT2D eigenvalue weighted by atomic mass is 9.89. The molecule has 1 aliphatic rings. The van der Waals surface area contributed by atoms with Crippen molar-refractivity contribution in [2.45, 2.75) is 25.8 Å². The Balaban J connectivity index is 1.51. The molecule has 0 aromatic carbocycles. The summed E-state index contributed by atoms with van der Waals surface area (Å²) in [4.78, 5) is 11.5. The number of nitrogens with one attached hydrogen (secondary N) is 1. The number of nitriles is 1. The van der Waals surface area contributed by atoms with Gasteiger partial charge in [0.05, 0.1) is 58.3 Å². The van der Waals surface area contributed by atoms with Gasteiger partial charge < -0.3 is 0 Å². The number of sulfonamides is 1. The summed E-state index contributed by atoms with van der Waals surface area (Å²) in [5.41, 5.74) is 2.28. The van der Waals surface area contributed by atoms with Gasteiger partial charge in [0, 0.05) is 24.2 Å². The predicted octanol–water partition coefficient (Wildman–Crippen LogP) is 2.80. The van der Waals surface area contributed by atoms with Gasteiger partial charge in [0.1, 0.15) is 11.1 Å². The van der Waals surface area contributed by atoms with Gasteiger partial charge in [-0.25, -0.2) is 18.4 Å². The monoisotopic (exact) mass is 507 g/mol. The second-order valence-electron chi connectivity index (χ2n) is 8.68. The van der Waals surface area contributed by atoms with Crippen molar-refractivity contribution < 1.29 is 8.42 Å². The van der Waals surface area contributed by atoms with Gasteiger partial charge in [0.25, 0.3) is 0 Å². The number of nitrogens with zero attached hydrogens (tertiary/aromatic N) is 8. The van der Waals surface area contributed by atoms with Gasteiger partial charge in [-0.3, -0.25) is 14.3 Å². The van der Waals surface area contributed by atoms with Gasteiger partial charge in [-0.2, -0.15) is 19.8 Å².